The maximum absolute atomic E-state index is 12.5. The molecular weight excluding hydrogens is 328 g/mol. The minimum Gasteiger partial charge on any atom is -0.322 e. The SMILES string of the molecule is Cc1ccccc1NC(=O)N1CCN(N(C=O)c2ccccc2C)CC1. The molecule has 1 aliphatic heterocycles. The minimum absolute atomic E-state index is 0.104. The van der Waals surface area contributed by atoms with E-state index in [0.29, 0.717) is 26.2 Å². The Morgan fingerprint density at radius 2 is 1.58 bits per heavy atom. The van der Waals surface area contributed by atoms with Gasteiger partial charge in [-0.2, -0.15) is 0 Å². The third kappa shape index (κ3) is 3.86. The van der Waals surface area contributed by atoms with Crippen molar-refractivity contribution in [3.05, 3.63) is 59.7 Å². The van der Waals surface area contributed by atoms with Gasteiger partial charge in [0.25, 0.3) is 0 Å². The molecule has 26 heavy (non-hydrogen) atoms. The number of benzene rings is 2. The standard InChI is InChI=1S/C20H24N4O2/c1-16-7-3-5-9-18(16)21-20(26)22-11-13-23(14-12-22)24(15-25)19-10-6-4-8-17(19)2/h3-10,15H,11-14H2,1-2H3,(H,21,26). The third-order valence-corrected chi connectivity index (χ3v) is 4.70. The first-order valence-electron chi connectivity index (χ1n) is 8.76. The highest BCUT2D eigenvalue weighted by Crippen LogP contribution is 2.21. The van der Waals surface area contributed by atoms with Crippen LogP contribution in [-0.4, -0.2) is 48.5 Å². The van der Waals surface area contributed by atoms with Gasteiger partial charge in [0.2, 0.25) is 6.41 Å². The molecule has 2 aromatic carbocycles. The third-order valence-electron chi connectivity index (χ3n) is 4.70. The lowest BCUT2D eigenvalue weighted by atomic mass is 10.2. The van der Waals surface area contributed by atoms with Gasteiger partial charge < -0.3 is 10.2 Å². The summed E-state index contributed by atoms with van der Waals surface area (Å²) in [6.45, 7) is 6.29. The number of anilines is 2. The number of nitrogens with one attached hydrogen (secondary N) is 1. The van der Waals surface area contributed by atoms with Crippen molar-refractivity contribution in [2.24, 2.45) is 0 Å². The number of hydrazine groups is 1. The number of hydrogen-bond donors (Lipinski definition) is 1. The lowest BCUT2D eigenvalue weighted by molar-refractivity contribution is -0.110. The number of carbonyl (C=O) groups excluding carboxylic acids is 2. The van der Waals surface area contributed by atoms with Crippen molar-refractivity contribution >= 4 is 23.8 Å². The first-order chi connectivity index (χ1) is 12.6. The molecule has 3 rings (SSSR count). The Morgan fingerprint density at radius 3 is 2.19 bits per heavy atom. The fraction of sp³-hybridized carbons (Fsp3) is 0.300. The molecule has 0 aliphatic carbocycles. The van der Waals surface area contributed by atoms with E-state index in [1.165, 1.54) is 0 Å². The molecule has 6 nitrogen and oxygen atoms in total. The van der Waals surface area contributed by atoms with Crippen molar-refractivity contribution in [3.63, 3.8) is 0 Å². The van der Waals surface area contributed by atoms with Gasteiger partial charge in [0.1, 0.15) is 0 Å². The summed E-state index contributed by atoms with van der Waals surface area (Å²) in [6, 6.07) is 15.4. The second kappa shape index (κ2) is 8.01. The predicted octanol–water partition coefficient (Wildman–Crippen LogP) is 3.03. The molecule has 1 saturated heterocycles. The van der Waals surface area contributed by atoms with Crippen LogP contribution in [0.5, 0.6) is 0 Å². The second-order valence-corrected chi connectivity index (χ2v) is 6.42. The fourth-order valence-corrected chi connectivity index (χ4v) is 3.12. The molecule has 0 aromatic heterocycles. The molecule has 0 spiro atoms. The zero-order valence-electron chi connectivity index (χ0n) is 15.2. The van der Waals surface area contributed by atoms with Crippen LogP contribution in [0.15, 0.2) is 48.5 Å². The van der Waals surface area contributed by atoms with Crippen LogP contribution in [0.4, 0.5) is 16.2 Å². The highest BCUT2D eigenvalue weighted by Gasteiger charge is 2.25. The van der Waals surface area contributed by atoms with Crippen molar-refractivity contribution in [2.75, 3.05) is 36.5 Å². The number of carbonyl (C=O) groups is 2. The first kappa shape index (κ1) is 17.9. The number of amides is 3. The van der Waals surface area contributed by atoms with Gasteiger partial charge in [0, 0.05) is 31.9 Å². The van der Waals surface area contributed by atoms with Crippen molar-refractivity contribution in [3.8, 4) is 0 Å². The number of aryl methyl sites for hydroxylation is 2. The monoisotopic (exact) mass is 352 g/mol. The molecule has 136 valence electrons. The summed E-state index contributed by atoms with van der Waals surface area (Å²) in [7, 11) is 0. The van der Waals surface area contributed by atoms with Gasteiger partial charge in [0.15, 0.2) is 0 Å². The van der Waals surface area contributed by atoms with E-state index >= 15 is 0 Å². The highest BCUT2D eigenvalue weighted by molar-refractivity contribution is 5.90. The van der Waals surface area contributed by atoms with E-state index in [1.807, 2.05) is 67.4 Å². The van der Waals surface area contributed by atoms with Gasteiger partial charge in [-0.05, 0) is 37.1 Å². The molecule has 0 bridgehead atoms. The van der Waals surface area contributed by atoms with E-state index in [-0.39, 0.29) is 6.03 Å². The zero-order chi connectivity index (χ0) is 18.5. The average Bonchev–Trinajstić information content (AvgIpc) is 2.66. The first-order valence-corrected chi connectivity index (χ1v) is 8.76. The van der Waals surface area contributed by atoms with Crippen LogP contribution in [0.2, 0.25) is 0 Å². The van der Waals surface area contributed by atoms with Gasteiger partial charge in [0.05, 0.1) is 5.69 Å². The molecule has 1 N–H and O–H groups in total. The lowest BCUT2D eigenvalue weighted by Gasteiger charge is -2.39. The van der Waals surface area contributed by atoms with Crippen molar-refractivity contribution in [1.29, 1.82) is 0 Å². The summed E-state index contributed by atoms with van der Waals surface area (Å²) in [6.07, 6.45) is 0.839. The molecule has 1 aliphatic rings. The Kier molecular flexibility index (Phi) is 5.53. The van der Waals surface area contributed by atoms with E-state index in [0.717, 1.165) is 28.9 Å². The van der Waals surface area contributed by atoms with Crippen LogP contribution in [0.1, 0.15) is 11.1 Å². The number of para-hydroxylation sites is 2. The molecule has 6 heteroatoms. The van der Waals surface area contributed by atoms with Crippen LogP contribution in [-0.2, 0) is 4.79 Å². The zero-order valence-corrected chi connectivity index (χ0v) is 15.2. The summed E-state index contributed by atoms with van der Waals surface area (Å²) in [4.78, 5) is 25.9. The second-order valence-electron chi connectivity index (χ2n) is 6.42. The van der Waals surface area contributed by atoms with E-state index in [9.17, 15) is 9.59 Å². The van der Waals surface area contributed by atoms with Gasteiger partial charge >= 0.3 is 6.03 Å². The van der Waals surface area contributed by atoms with Gasteiger partial charge in [-0.1, -0.05) is 36.4 Å². The van der Waals surface area contributed by atoms with Crippen LogP contribution in [0, 0.1) is 13.8 Å². The van der Waals surface area contributed by atoms with Crippen LogP contribution >= 0.6 is 0 Å². The minimum atomic E-state index is -0.104. The lowest BCUT2D eigenvalue weighted by Crippen LogP contribution is -2.55. The molecule has 1 fully saturated rings. The van der Waals surface area contributed by atoms with Gasteiger partial charge in [-0.15, -0.1) is 0 Å². The van der Waals surface area contributed by atoms with Crippen LogP contribution < -0.4 is 10.3 Å². The Labute approximate surface area is 154 Å². The van der Waals surface area contributed by atoms with Gasteiger partial charge in [-0.3, -0.25) is 4.79 Å². The van der Waals surface area contributed by atoms with Crippen LogP contribution in [0.3, 0.4) is 0 Å². The molecule has 2 aromatic rings. The van der Waals surface area contributed by atoms with Gasteiger partial charge in [-0.25, -0.2) is 14.8 Å². The van der Waals surface area contributed by atoms with Crippen molar-refractivity contribution in [1.82, 2.24) is 9.91 Å². The van der Waals surface area contributed by atoms with Crippen molar-refractivity contribution in [2.45, 2.75) is 13.8 Å². The summed E-state index contributed by atoms with van der Waals surface area (Å²) in [5.41, 5.74) is 3.78. The molecule has 0 saturated carbocycles. The van der Waals surface area contributed by atoms with E-state index in [2.05, 4.69) is 5.32 Å². The molecule has 3 amide bonds. The number of piperazine rings is 1. The average molecular weight is 352 g/mol. The Bertz CT molecular complexity index is 785. The van der Waals surface area contributed by atoms with E-state index in [1.54, 1.807) is 9.91 Å². The maximum Gasteiger partial charge on any atom is 0.321 e. The normalized spacial score (nSPS) is 14.8. The Hall–Kier alpha value is -2.86. The maximum atomic E-state index is 12.5. The predicted molar refractivity (Wildman–Crippen MR) is 103 cm³/mol. The Balaban J connectivity index is 1.61. The fourth-order valence-electron chi connectivity index (χ4n) is 3.12. The van der Waals surface area contributed by atoms with Crippen molar-refractivity contribution < 1.29 is 9.59 Å². The quantitative estimate of drug-likeness (QED) is 0.861. The molecular formula is C20H24N4O2. The number of nitrogens with zero attached hydrogens (tertiary/aromatic N) is 3. The topological polar surface area (TPSA) is 55.9 Å². The number of rotatable bonds is 4. The summed E-state index contributed by atoms with van der Waals surface area (Å²) in [5, 5.41) is 6.59. The summed E-state index contributed by atoms with van der Waals surface area (Å²) >= 11 is 0. The molecule has 1 heterocycles. The number of urea groups is 1. The molecule has 0 atom stereocenters. The molecule has 0 radical (unpaired) electrons. The number of hydrogen-bond acceptors (Lipinski definition) is 3. The summed E-state index contributed by atoms with van der Waals surface area (Å²) in [5.74, 6) is 0. The molecule has 0 unspecified atom stereocenters. The Morgan fingerprint density at radius 1 is 0.962 bits per heavy atom. The highest BCUT2D eigenvalue weighted by atomic mass is 16.2. The smallest absolute Gasteiger partial charge is 0.321 e. The van der Waals surface area contributed by atoms with E-state index < -0.39 is 0 Å². The largest absolute Gasteiger partial charge is 0.322 e. The van der Waals surface area contributed by atoms with E-state index in [4.69, 9.17) is 0 Å². The summed E-state index contributed by atoms with van der Waals surface area (Å²) < 4.78 is 0. The van der Waals surface area contributed by atoms with Crippen LogP contribution in [0.25, 0.3) is 0 Å².